The van der Waals surface area contributed by atoms with E-state index >= 15 is 0 Å². The van der Waals surface area contributed by atoms with Gasteiger partial charge in [-0.3, -0.25) is 14.9 Å². The molecule has 3 nitrogen and oxygen atoms in total. The van der Waals surface area contributed by atoms with Gasteiger partial charge >= 0.3 is 0 Å². The molecule has 2 amide bonds. The first-order chi connectivity index (χ1) is 11.7. The lowest BCUT2D eigenvalue weighted by Gasteiger charge is -2.03. The number of halogens is 1. The van der Waals surface area contributed by atoms with E-state index in [4.69, 9.17) is 11.6 Å². The highest BCUT2D eigenvalue weighted by atomic mass is 35.5. The maximum Gasteiger partial charge on any atom is 0.258 e. The fraction of sp³-hybridized carbons (Fsp3) is 0. The maximum atomic E-state index is 11.7. The van der Waals surface area contributed by atoms with E-state index in [1.54, 1.807) is 48.5 Å². The second-order valence-electron chi connectivity index (χ2n) is 4.81. The minimum Gasteiger partial charge on any atom is -0.288 e. The van der Waals surface area contributed by atoms with Crippen LogP contribution in [0, 0.1) is 0 Å². The Morgan fingerprint density at radius 1 is 0.583 bits per heavy atom. The van der Waals surface area contributed by atoms with Crippen LogP contribution in [-0.4, -0.2) is 11.8 Å². The Labute approximate surface area is 145 Å². The largest absolute Gasteiger partial charge is 0.288 e. The lowest BCUT2D eigenvalue weighted by atomic mass is 10.2. The van der Waals surface area contributed by atoms with Crippen LogP contribution in [-0.2, 0) is 0 Å². The smallest absolute Gasteiger partial charge is 0.258 e. The van der Waals surface area contributed by atoms with Crippen molar-refractivity contribution in [3.05, 3.63) is 107 Å². The van der Waals surface area contributed by atoms with E-state index < -0.39 is 0 Å². The molecule has 0 bridgehead atoms. The second-order valence-corrected chi connectivity index (χ2v) is 5.25. The van der Waals surface area contributed by atoms with Crippen molar-refractivity contribution in [1.82, 2.24) is 5.32 Å². The molecule has 0 fully saturated rings. The van der Waals surface area contributed by atoms with Gasteiger partial charge in [-0.05, 0) is 36.4 Å². The predicted molar refractivity (Wildman–Crippen MR) is 96.1 cm³/mol. The van der Waals surface area contributed by atoms with Crippen molar-refractivity contribution in [2.75, 3.05) is 0 Å². The molecule has 0 saturated heterocycles. The molecule has 0 saturated carbocycles. The number of benzene rings is 3. The SMILES string of the molecule is Clc1ccccc1.O=C(NC(=O)c1ccccc1)c1ccccc1. The number of rotatable bonds is 2. The molecule has 3 rings (SSSR count). The van der Waals surface area contributed by atoms with Crippen LogP contribution in [0.4, 0.5) is 0 Å². The molecule has 0 aromatic heterocycles. The molecule has 3 aromatic carbocycles. The van der Waals surface area contributed by atoms with E-state index in [1.165, 1.54) is 0 Å². The van der Waals surface area contributed by atoms with Crippen LogP contribution < -0.4 is 5.32 Å². The molecule has 0 atom stereocenters. The van der Waals surface area contributed by atoms with Gasteiger partial charge in [0.1, 0.15) is 0 Å². The van der Waals surface area contributed by atoms with Gasteiger partial charge in [0.05, 0.1) is 0 Å². The van der Waals surface area contributed by atoms with Crippen molar-refractivity contribution in [3.63, 3.8) is 0 Å². The topological polar surface area (TPSA) is 46.2 Å². The Hall–Kier alpha value is -2.91. The summed E-state index contributed by atoms with van der Waals surface area (Å²) in [5.74, 6) is -0.779. The van der Waals surface area contributed by atoms with Crippen molar-refractivity contribution in [2.24, 2.45) is 0 Å². The minimum atomic E-state index is -0.389. The predicted octanol–water partition coefficient (Wildman–Crippen LogP) is 4.60. The first kappa shape index (κ1) is 17.4. The number of carbonyl (C=O) groups excluding carboxylic acids is 2. The normalized spacial score (nSPS) is 9.38. The molecular weight excluding hydrogens is 322 g/mol. The van der Waals surface area contributed by atoms with Gasteiger partial charge < -0.3 is 0 Å². The van der Waals surface area contributed by atoms with E-state index in [-0.39, 0.29) is 11.8 Å². The van der Waals surface area contributed by atoms with Crippen molar-refractivity contribution < 1.29 is 9.59 Å². The Bertz CT molecular complexity index is 725. The van der Waals surface area contributed by atoms with Gasteiger partial charge in [0.15, 0.2) is 0 Å². The van der Waals surface area contributed by atoms with Crippen molar-refractivity contribution >= 4 is 23.4 Å². The Morgan fingerprint density at radius 3 is 1.21 bits per heavy atom. The molecule has 3 aromatic rings. The van der Waals surface area contributed by atoms with Gasteiger partial charge in [0.2, 0.25) is 0 Å². The van der Waals surface area contributed by atoms with Crippen LogP contribution >= 0.6 is 11.6 Å². The maximum absolute atomic E-state index is 11.7. The average molecular weight is 338 g/mol. The van der Waals surface area contributed by atoms with Crippen molar-refractivity contribution in [3.8, 4) is 0 Å². The highest BCUT2D eigenvalue weighted by Crippen LogP contribution is 2.03. The van der Waals surface area contributed by atoms with Crippen LogP contribution in [0.5, 0.6) is 0 Å². The fourth-order valence-corrected chi connectivity index (χ4v) is 1.99. The molecule has 4 heteroatoms. The molecule has 120 valence electrons. The molecule has 0 unspecified atom stereocenters. The molecule has 0 heterocycles. The fourth-order valence-electron chi connectivity index (χ4n) is 1.84. The number of carbonyl (C=O) groups is 2. The molecule has 0 spiro atoms. The monoisotopic (exact) mass is 337 g/mol. The molecule has 1 N–H and O–H groups in total. The van der Waals surface area contributed by atoms with Gasteiger partial charge in [-0.15, -0.1) is 0 Å². The van der Waals surface area contributed by atoms with Crippen LogP contribution in [0.25, 0.3) is 0 Å². The molecular formula is C20H16ClNO2. The third-order valence-electron chi connectivity index (χ3n) is 3.03. The van der Waals surface area contributed by atoms with Gasteiger partial charge in [-0.25, -0.2) is 0 Å². The van der Waals surface area contributed by atoms with E-state index in [2.05, 4.69) is 5.32 Å². The lowest BCUT2D eigenvalue weighted by molar-refractivity contribution is 0.0849. The quantitative estimate of drug-likeness (QED) is 0.695. The van der Waals surface area contributed by atoms with Crippen molar-refractivity contribution in [1.29, 1.82) is 0 Å². The number of nitrogens with one attached hydrogen (secondary N) is 1. The first-order valence-corrected chi connectivity index (χ1v) is 7.71. The summed E-state index contributed by atoms with van der Waals surface area (Å²) in [6, 6.07) is 26.7. The van der Waals surface area contributed by atoms with E-state index in [0.717, 1.165) is 5.02 Å². The van der Waals surface area contributed by atoms with Gasteiger partial charge in [-0.2, -0.15) is 0 Å². The number of hydrogen-bond donors (Lipinski definition) is 1. The molecule has 0 aliphatic rings. The van der Waals surface area contributed by atoms with Gasteiger partial charge in [-0.1, -0.05) is 66.2 Å². The summed E-state index contributed by atoms with van der Waals surface area (Å²) >= 11 is 5.54. The number of imide groups is 1. The number of amides is 2. The van der Waals surface area contributed by atoms with Crippen molar-refractivity contribution in [2.45, 2.75) is 0 Å². The van der Waals surface area contributed by atoms with Gasteiger partial charge in [0, 0.05) is 16.1 Å². The zero-order chi connectivity index (χ0) is 17.2. The summed E-state index contributed by atoms with van der Waals surface area (Å²) in [5.41, 5.74) is 0.938. The molecule has 24 heavy (non-hydrogen) atoms. The summed E-state index contributed by atoms with van der Waals surface area (Å²) in [6.45, 7) is 0. The first-order valence-electron chi connectivity index (χ1n) is 7.33. The van der Waals surface area contributed by atoms with Gasteiger partial charge in [0.25, 0.3) is 11.8 Å². The Morgan fingerprint density at radius 2 is 0.917 bits per heavy atom. The zero-order valence-electron chi connectivity index (χ0n) is 12.9. The highest BCUT2D eigenvalue weighted by Gasteiger charge is 2.10. The molecule has 0 radical (unpaired) electrons. The van der Waals surface area contributed by atoms with E-state index in [1.807, 2.05) is 42.5 Å². The van der Waals surface area contributed by atoms with Crippen LogP contribution in [0.2, 0.25) is 5.02 Å². The Balaban J connectivity index is 0.000000249. The third kappa shape index (κ3) is 5.71. The summed E-state index contributed by atoms with van der Waals surface area (Å²) < 4.78 is 0. The van der Waals surface area contributed by atoms with E-state index in [0.29, 0.717) is 11.1 Å². The van der Waals surface area contributed by atoms with Crippen LogP contribution in [0.1, 0.15) is 20.7 Å². The van der Waals surface area contributed by atoms with E-state index in [9.17, 15) is 9.59 Å². The highest BCUT2D eigenvalue weighted by molar-refractivity contribution is 6.30. The molecule has 0 aliphatic carbocycles. The second kappa shape index (κ2) is 9.28. The summed E-state index contributed by atoms with van der Waals surface area (Å²) in [6.07, 6.45) is 0. The standard InChI is InChI=1S/C14H11NO2.C6H5Cl/c16-13(11-7-3-1-4-8-11)15-14(17)12-9-5-2-6-10-12;7-6-4-2-1-3-5-6/h1-10H,(H,15,16,17);1-5H. The average Bonchev–Trinajstić information content (AvgIpc) is 2.64. The zero-order valence-corrected chi connectivity index (χ0v) is 13.6. The Kier molecular flexibility index (Phi) is 6.74. The lowest BCUT2D eigenvalue weighted by Crippen LogP contribution is -2.30. The van der Waals surface area contributed by atoms with Crippen LogP contribution in [0.15, 0.2) is 91.0 Å². The summed E-state index contributed by atoms with van der Waals surface area (Å²) in [7, 11) is 0. The summed E-state index contributed by atoms with van der Waals surface area (Å²) in [5, 5.41) is 3.13. The number of hydrogen-bond acceptors (Lipinski definition) is 2. The summed E-state index contributed by atoms with van der Waals surface area (Å²) in [4.78, 5) is 23.4. The minimum absolute atomic E-state index is 0.389. The third-order valence-corrected chi connectivity index (χ3v) is 3.28. The molecule has 0 aliphatic heterocycles. The van der Waals surface area contributed by atoms with Crippen LogP contribution in [0.3, 0.4) is 0 Å².